The van der Waals surface area contributed by atoms with Gasteiger partial charge < -0.3 is 14.6 Å². The molecule has 1 fully saturated rings. The fraction of sp³-hybridized carbons (Fsp3) is 0.261. The van der Waals surface area contributed by atoms with Crippen LogP contribution < -0.4 is 4.74 Å². The number of carboxylic acids is 1. The van der Waals surface area contributed by atoms with E-state index in [1.165, 1.54) is 0 Å². The minimum absolute atomic E-state index is 0.432. The number of allylic oxidation sites excluding steroid dienone is 1. The average molecular weight is 409 g/mol. The molecule has 1 aliphatic rings. The number of halogens is 1. The summed E-state index contributed by atoms with van der Waals surface area (Å²) in [6.07, 6.45) is -0.258. The molecule has 0 spiro atoms. The summed E-state index contributed by atoms with van der Waals surface area (Å²) in [7, 11) is 0. The van der Waals surface area contributed by atoms with Gasteiger partial charge in [0.15, 0.2) is 0 Å². The van der Waals surface area contributed by atoms with Crippen LogP contribution in [0.3, 0.4) is 0 Å². The van der Waals surface area contributed by atoms with E-state index in [9.17, 15) is 19.2 Å². The summed E-state index contributed by atoms with van der Waals surface area (Å²) in [6, 6.07) is 17.7. The molecule has 7 heteroatoms. The van der Waals surface area contributed by atoms with Gasteiger partial charge in [-0.1, -0.05) is 44.2 Å². The standard InChI is InChI=1S/C23H20FNO5/c1-23(2)17(12-18(24)21(26)27)20(23)22(28)30-19(13-25)14-7-6-10-16(11-14)29-15-8-4-3-5-9-15/h3-12,17,19-20H,1-2H3,(H,26,27)/b18-12+/t17-,19-,20+/m1/s1. The number of hydrogen-bond acceptors (Lipinski definition) is 5. The molecule has 3 rings (SSSR count). The van der Waals surface area contributed by atoms with Crippen molar-refractivity contribution in [3.63, 3.8) is 0 Å². The van der Waals surface area contributed by atoms with E-state index < -0.39 is 41.1 Å². The third-order valence-corrected chi connectivity index (χ3v) is 5.19. The Labute approximate surface area is 173 Å². The molecule has 0 aliphatic heterocycles. The lowest BCUT2D eigenvalue weighted by Crippen LogP contribution is -2.14. The largest absolute Gasteiger partial charge is 0.476 e. The van der Waals surface area contributed by atoms with Crippen molar-refractivity contribution in [2.45, 2.75) is 20.0 Å². The number of aliphatic carboxylic acids is 1. The first-order chi connectivity index (χ1) is 14.2. The first-order valence-corrected chi connectivity index (χ1v) is 9.27. The monoisotopic (exact) mass is 409 g/mol. The Hall–Kier alpha value is -3.66. The smallest absolute Gasteiger partial charge is 0.364 e. The van der Waals surface area contributed by atoms with Crippen LogP contribution in [0.25, 0.3) is 0 Å². The molecule has 0 saturated heterocycles. The van der Waals surface area contributed by atoms with E-state index >= 15 is 0 Å². The van der Waals surface area contributed by atoms with Gasteiger partial charge in [-0.2, -0.15) is 9.65 Å². The second-order valence-corrected chi connectivity index (χ2v) is 7.58. The molecule has 154 valence electrons. The average Bonchev–Trinajstić information content (AvgIpc) is 3.26. The third kappa shape index (κ3) is 4.49. The van der Waals surface area contributed by atoms with E-state index in [0.29, 0.717) is 17.1 Å². The molecule has 0 unspecified atom stereocenters. The van der Waals surface area contributed by atoms with Crippen LogP contribution in [0.4, 0.5) is 4.39 Å². The van der Waals surface area contributed by atoms with Gasteiger partial charge in [0.25, 0.3) is 0 Å². The van der Waals surface area contributed by atoms with Crippen LogP contribution >= 0.6 is 0 Å². The van der Waals surface area contributed by atoms with Crippen LogP contribution in [-0.4, -0.2) is 17.0 Å². The summed E-state index contributed by atoms with van der Waals surface area (Å²) < 4.78 is 24.6. The molecule has 0 aromatic heterocycles. The zero-order chi connectivity index (χ0) is 21.9. The van der Waals surface area contributed by atoms with Crippen LogP contribution in [-0.2, 0) is 14.3 Å². The first-order valence-electron chi connectivity index (χ1n) is 9.27. The zero-order valence-electron chi connectivity index (χ0n) is 16.4. The van der Waals surface area contributed by atoms with Crippen molar-refractivity contribution in [2.75, 3.05) is 0 Å². The lowest BCUT2D eigenvalue weighted by molar-refractivity contribution is -0.149. The van der Waals surface area contributed by atoms with Gasteiger partial charge in [-0.3, -0.25) is 4.79 Å². The van der Waals surface area contributed by atoms with E-state index in [1.807, 2.05) is 24.3 Å². The van der Waals surface area contributed by atoms with E-state index in [2.05, 4.69) is 0 Å². The predicted octanol–water partition coefficient (Wildman–Crippen LogP) is 4.80. The van der Waals surface area contributed by atoms with E-state index in [-0.39, 0.29) is 0 Å². The lowest BCUT2D eigenvalue weighted by atomic mass is 10.1. The number of benzene rings is 2. The fourth-order valence-electron chi connectivity index (χ4n) is 3.39. The second-order valence-electron chi connectivity index (χ2n) is 7.58. The highest BCUT2D eigenvalue weighted by atomic mass is 19.1. The minimum atomic E-state index is -1.69. The van der Waals surface area contributed by atoms with Crippen molar-refractivity contribution in [2.24, 2.45) is 17.3 Å². The zero-order valence-corrected chi connectivity index (χ0v) is 16.4. The van der Waals surface area contributed by atoms with Crippen LogP contribution in [0.2, 0.25) is 0 Å². The van der Waals surface area contributed by atoms with Gasteiger partial charge >= 0.3 is 11.9 Å². The summed E-state index contributed by atoms with van der Waals surface area (Å²) in [6.45, 7) is 3.43. The molecule has 0 amide bonds. The number of carbonyl (C=O) groups excluding carboxylic acids is 1. The summed E-state index contributed by atoms with van der Waals surface area (Å²) in [5.41, 5.74) is -0.233. The molecule has 1 aliphatic carbocycles. The minimum Gasteiger partial charge on any atom is -0.476 e. The second kappa shape index (κ2) is 8.37. The van der Waals surface area contributed by atoms with Crippen molar-refractivity contribution < 1.29 is 28.6 Å². The number of nitriles is 1. The maximum absolute atomic E-state index is 13.5. The molecule has 2 aromatic rings. The van der Waals surface area contributed by atoms with E-state index in [0.717, 1.165) is 6.08 Å². The molecule has 2 aromatic carbocycles. The molecule has 0 bridgehead atoms. The van der Waals surface area contributed by atoms with Gasteiger partial charge in [0.05, 0.1) is 5.92 Å². The topological polar surface area (TPSA) is 96.6 Å². The number of nitrogens with zero attached hydrogens (tertiary/aromatic N) is 1. The molecule has 6 nitrogen and oxygen atoms in total. The molecular weight excluding hydrogens is 389 g/mol. The third-order valence-electron chi connectivity index (χ3n) is 5.19. The van der Waals surface area contributed by atoms with Gasteiger partial charge in [-0.15, -0.1) is 0 Å². The highest BCUT2D eigenvalue weighted by Gasteiger charge is 2.62. The molecular formula is C23H20FNO5. The number of para-hydroxylation sites is 1. The summed E-state index contributed by atoms with van der Waals surface area (Å²) in [4.78, 5) is 23.3. The highest BCUT2D eigenvalue weighted by molar-refractivity contribution is 5.85. The van der Waals surface area contributed by atoms with Crippen molar-refractivity contribution in [1.29, 1.82) is 5.26 Å². The van der Waals surface area contributed by atoms with E-state index in [1.54, 1.807) is 50.2 Å². The van der Waals surface area contributed by atoms with E-state index in [4.69, 9.17) is 14.6 Å². The number of esters is 1. The van der Waals surface area contributed by atoms with Crippen LogP contribution in [0.1, 0.15) is 25.5 Å². The summed E-state index contributed by atoms with van der Waals surface area (Å²) in [5, 5.41) is 18.2. The summed E-state index contributed by atoms with van der Waals surface area (Å²) >= 11 is 0. The number of carboxylic acid groups (broad SMARTS) is 1. The lowest BCUT2D eigenvalue weighted by Gasteiger charge is -2.13. The maximum atomic E-state index is 13.5. The van der Waals surface area contributed by atoms with Gasteiger partial charge in [-0.05, 0) is 41.7 Å². The highest BCUT2D eigenvalue weighted by Crippen LogP contribution is 2.60. The first kappa shape index (κ1) is 21.1. The fourth-order valence-corrected chi connectivity index (χ4v) is 3.39. The molecule has 1 saturated carbocycles. The summed E-state index contributed by atoms with van der Waals surface area (Å²) in [5.74, 6) is -3.93. The Morgan fingerprint density at radius 2 is 1.83 bits per heavy atom. The molecule has 0 heterocycles. The molecule has 0 radical (unpaired) electrons. The SMILES string of the molecule is CC1(C)[C@H](/C=C(/F)C(=O)O)[C@H]1C(=O)O[C@H](C#N)c1cccc(Oc2ccccc2)c1. The Bertz CT molecular complexity index is 1030. The molecule has 1 N–H and O–H groups in total. The van der Waals surface area contributed by atoms with Crippen LogP contribution in [0, 0.1) is 28.6 Å². The number of hydrogen-bond donors (Lipinski definition) is 1. The van der Waals surface area contributed by atoms with Gasteiger partial charge in [0.1, 0.15) is 17.6 Å². The predicted molar refractivity (Wildman–Crippen MR) is 105 cm³/mol. The van der Waals surface area contributed by atoms with Crippen molar-refractivity contribution in [1.82, 2.24) is 0 Å². The van der Waals surface area contributed by atoms with Gasteiger partial charge in [-0.25, -0.2) is 4.79 Å². The Kier molecular flexibility index (Phi) is 5.88. The van der Waals surface area contributed by atoms with Crippen LogP contribution in [0.15, 0.2) is 66.5 Å². The number of carbonyl (C=O) groups is 2. The van der Waals surface area contributed by atoms with Crippen molar-refractivity contribution in [3.8, 4) is 17.6 Å². The number of rotatable bonds is 7. The Balaban J connectivity index is 1.72. The maximum Gasteiger partial charge on any atom is 0.364 e. The molecule has 3 atom stereocenters. The number of ether oxygens (including phenoxy) is 2. The van der Waals surface area contributed by atoms with Crippen molar-refractivity contribution in [3.05, 3.63) is 72.1 Å². The van der Waals surface area contributed by atoms with Gasteiger partial charge in [0, 0.05) is 5.56 Å². The van der Waals surface area contributed by atoms with Crippen LogP contribution in [0.5, 0.6) is 11.5 Å². The quantitative estimate of drug-likeness (QED) is 0.521. The van der Waals surface area contributed by atoms with Crippen molar-refractivity contribution >= 4 is 11.9 Å². The Morgan fingerprint density at radius 1 is 1.17 bits per heavy atom. The normalized spacial score (nSPS) is 20.5. The van der Waals surface area contributed by atoms with Gasteiger partial charge in [0.2, 0.25) is 11.9 Å². The Morgan fingerprint density at radius 3 is 2.47 bits per heavy atom. The molecule has 30 heavy (non-hydrogen) atoms.